The minimum absolute atomic E-state index is 0.486. The molecule has 3 heterocycles. The first-order valence-electron chi connectivity index (χ1n) is 9.52. The molecule has 1 saturated heterocycles. The number of nitriles is 1. The zero-order valence-electron chi connectivity index (χ0n) is 16.0. The minimum atomic E-state index is 0.486. The molecule has 5 nitrogen and oxygen atoms in total. The van der Waals surface area contributed by atoms with Gasteiger partial charge in [-0.25, -0.2) is 4.98 Å². The molecule has 4 rings (SSSR count). The minimum Gasteiger partial charge on any atom is -0.344 e. The summed E-state index contributed by atoms with van der Waals surface area (Å²) in [6.45, 7) is 6.47. The summed E-state index contributed by atoms with van der Waals surface area (Å²) < 4.78 is 0. The highest BCUT2D eigenvalue weighted by atomic mass is 15.1. The number of anilines is 1. The fourth-order valence-electron chi connectivity index (χ4n) is 3.67. The summed E-state index contributed by atoms with van der Waals surface area (Å²) in [7, 11) is 2.16. The van der Waals surface area contributed by atoms with Crippen molar-refractivity contribution in [1.29, 1.82) is 5.26 Å². The molecule has 5 heteroatoms. The Labute approximate surface area is 165 Å². The van der Waals surface area contributed by atoms with Crippen LogP contribution in [0.3, 0.4) is 0 Å². The molecule has 0 unspecified atom stereocenters. The lowest BCUT2D eigenvalue weighted by Crippen LogP contribution is -2.31. The summed E-state index contributed by atoms with van der Waals surface area (Å²) in [5.41, 5.74) is 3.57. The lowest BCUT2D eigenvalue weighted by Gasteiger charge is -2.30. The van der Waals surface area contributed by atoms with Crippen LogP contribution in [-0.4, -0.2) is 35.0 Å². The molecule has 0 amide bonds. The Morgan fingerprint density at radius 1 is 1.11 bits per heavy atom. The molecule has 1 fully saturated rings. The predicted octanol–water partition coefficient (Wildman–Crippen LogP) is 4.44. The third-order valence-corrected chi connectivity index (χ3v) is 5.42. The van der Waals surface area contributed by atoms with E-state index in [1.165, 1.54) is 0 Å². The Morgan fingerprint density at radius 2 is 1.93 bits per heavy atom. The molecular weight excluding hydrogens is 346 g/mol. The van der Waals surface area contributed by atoms with Crippen LogP contribution in [0, 0.1) is 17.2 Å². The molecule has 0 radical (unpaired) electrons. The van der Waals surface area contributed by atoms with E-state index in [9.17, 15) is 0 Å². The molecule has 0 saturated carbocycles. The topological polar surface area (TPSA) is 64.8 Å². The highest BCUT2D eigenvalue weighted by Crippen LogP contribution is 2.28. The fourth-order valence-corrected chi connectivity index (χ4v) is 3.67. The lowest BCUT2D eigenvalue weighted by molar-refractivity contribution is 0.239. The second kappa shape index (κ2) is 7.79. The van der Waals surface area contributed by atoms with Crippen molar-refractivity contribution < 1.29 is 0 Å². The largest absolute Gasteiger partial charge is 0.344 e. The number of fused-ring (bicyclic) bond motifs is 1. The number of piperidine rings is 1. The van der Waals surface area contributed by atoms with Gasteiger partial charge in [0.1, 0.15) is 11.9 Å². The molecule has 0 aliphatic carbocycles. The van der Waals surface area contributed by atoms with E-state index in [4.69, 9.17) is 5.26 Å². The van der Waals surface area contributed by atoms with Crippen molar-refractivity contribution in [3.8, 4) is 17.2 Å². The van der Waals surface area contributed by atoms with E-state index in [-0.39, 0.29) is 0 Å². The van der Waals surface area contributed by atoms with E-state index < -0.39 is 0 Å². The van der Waals surface area contributed by atoms with Gasteiger partial charge in [-0.1, -0.05) is 18.7 Å². The van der Waals surface area contributed by atoms with E-state index in [1.54, 1.807) is 12.4 Å². The molecule has 1 aliphatic rings. The SMILES string of the molecule is C=C(Nc1cc2cc(-c3cncc(C#N)c3)ccc2cn1)C1CCN(C)CC1. The Morgan fingerprint density at radius 3 is 2.71 bits per heavy atom. The average Bonchev–Trinajstić information content (AvgIpc) is 2.73. The van der Waals surface area contributed by atoms with Crippen LogP contribution < -0.4 is 5.32 Å². The third-order valence-electron chi connectivity index (χ3n) is 5.42. The van der Waals surface area contributed by atoms with Gasteiger partial charge in [-0.15, -0.1) is 0 Å². The van der Waals surface area contributed by atoms with Gasteiger partial charge in [-0.3, -0.25) is 4.98 Å². The van der Waals surface area contributed by atoms with E-state index in [1.807, 2.05) is 24.4 Å². The summed E-state index contributed by atoms with van der Waals surface area (Å²) in [4.78, 5) is 11.1. The van der Waals surface area contributed by atoms with Gasteiger partial charge in [0.2, 0.25) is 0 Å². The molecule has 3 aromatic rings. The number of aromatic nitrogens is 2. The van der Waals surface area contributed by atoms with Gasteiger partial charge in [0.25, 0.3) is 0 Å². The zero-order valence-corrected chi connectivity index (χ0v) is 16.0. The Balaban J connectivity index is 1.57. The zero-order chi connectivity index (χ0) is 19.5. The summed E-state index contributed by atoms with van der Waals surface area (Å²) in [6, 6.07) is 12.2. The van der Waals surface area contributed by atoms with Crippen molar-refractivity contribution in [2.75, 3.05) is 25.5 Å². The molecule has 1 aliphatic heterocycles. The van der Waals surface area contributed by atoms with Crippen molar-refractivity contribution in [3.63, 3.8) is 0 Å². The number of pyridine rings is 2. The normalized spacial score (nSPS) is 15.3. The van der Waals surface area contributed by atoms with Crippen molar-refractivity contribution in [3.05, 3.63) is 66.8 Å². The number of allylic oxidation sites excluding steroid dienone is 1. The lowest BCUT2D eigenvalue weighted by atomic mass is 9.94. The first kappa shape index (κ1) is 18.1. The van der Waals surface area contributed by atoms with Crippen LogP contribution in [0.5, 0.6) is 0 Å². The number of rotatable bonds is 4. The van der Waals surface area contributed by atoms with Gasteiger partial charge in [0, 0.05) is 41.2 Å². The number of hydrogen-bond donors (Lipinski definition) is 1. The highest BCUT2D eigenvalue weighted by molar-refractivity contribution is 5.88. The molecule has 1 N–H and O–H groups in total. The van der Waals surface area contributed by atoms with Crippen molar-refractivity contribution >= 4 is 16.6 Å². The van der Waals surface area contributed by atoms with Crippen LogP contribution in [0.4, 0.5) is 5.82 Å². The average molecular weight is 369 g/mol. The van der Waals surface area contributed by atoms with Gasteiger partial charge < -0.3 is 10.2 Å². The summed E-state index contributed by atoms with van der Waals surface area (Å²) in [5.74, 6) is 1.30. The Bertz CT molecular complexity index is 1060. The second-order valence-corrected chi connectivity index (χ2v) is 7.43. The van der Waals surface area contributed by atoms with Crippen LogP contribution in [0.1, 0.15) is 18.4 Å². The van der Waals surface area contributed by atoms with E-state index in [0.717, 1.165) is 59.3 Å². The molecule has 28 heavy (non-hydrogen) atoms. The first-order valence-corrected chi connectivity index (χ1v) is 9.52. The second-order valence-electron chi connectivity index (χ2n) is 7.43. The molecule has 0 atom stereocenters. The number of hydrogen-bond acceptors (Lipinski definition) is 5. The quantitative estimate of drug-likeness (QED) is 0.737. The van der Waals surface area contributed by atoms with E-state index in [2.05, 4.69) is 52.0 Å². The van der Waals surface area contributed by atoms with Gasteiger partial charge in [-0.05, 0) is 62.1 Å². The van der Waals surface area contributed by atoms with Gasteiger partial charge in [-0.2, -0.15) is 5.26 Å². The fraction of sp³-hybridized carbons (Fsp3) is 0.261. The van der Waals surface area contributed by atoms with Crippen LogP contribution in [0.2, 0.25) is 0 Å². The Kier molecular flexibility index (Phi) is 5.05. The van der Waals surface area contributed by atoms with Crippen molar-refractivity contribution in [2.24, 2.45) is 5.92 Å². The van der Waals surface area contributed by atoms with Gasteiger partial charge >= 0.3 is 0 Å². The maximum Gasteiger partial charge on any atom is 0.130 e. The van der Waals surface area contributed by atoms with Crippen LogP contribution in [-0.2, 0) is 0 Å². The first-order chi connectivity index (χ1) is 13.6. The molecule has 1 aromatic carbocycles. The van der Waals surface area contributed by atoms with Crippen LogP contribution in [0.15, 0.2) is 61.2 Å². The summed E-state index contributed by atoms with van der Waals surface area (Å²) in [5, 5.41) is 14.7. The van der Waals surface area contributed by atoms with E-state index in [0.29, 0.717) is 11.5 Å². The molecule has 2 aromatic heterocycles. The molecular formula is C23H23N5. The molecule has 140 valence electrons. The van der Waals surface area contributed by atoms with Gasteiger partial charge in [0.05, 0.1) is 5.56 Å². The van der Waals surface area contributed by atoms with Crippen LogP contribution in [0.25, 0.3) is 21.9 Å². The van der Waals surface area contributed by atoms with Crippen molar-refractivity contribution in [2.45, 2.75) is 12.8 Å². The highest BCUT2D eigenvalue weighted by Gasteiger charge is 2.19. The summed E-state index contributed by atoms with van der Waals surface area (Å²) in [6.07, 6.45) is 7.49. The maximum atomic E-state index is 9.11. The molecule has 0 bridgehead atoms. The number of benzene rings is 1. The van der Waals surface area contributed by atoms with Crippen LogP contribution >= 0.6 is 0 Å². The maximum absolute atomic E-state index is 9.11. The van der Waals surface area contributed by atoms with E-state index >= 15 is 0 Å². The predicted molar refractivity (Wildman–Crippen MR) is 113 cm³/mol. The number of nitrogens with one attached hydrogen (secondary N) is 1. The molecule has 0 spiro atoms. The third kappa shape index (κ3) is 3.88. The standard InChI is InChI=1S/C23H23N5/c1-16(18-5-7-28(2)8-6-18)27-23-11-21-10-19(3-4-20(21)15-26-23)22-9-17(12-24)13-25-14-22/h3-4,9-11,13-15,18H,1,5-8H2,2H3,(H,26,27). The number of nitrogens with zero attached hydrogens (tertiary/aromatic N) is 4. The smallest absolute Gasteiger partial charge is 0.130 e. The Hall–Kier alpha value is -3.23. The summed E-state index contributed by atoms with van der Waals surface area (Å²) >= 11 is 0. The number of likely N-dealkylation sites (tertiary alicyclic amines) is 1. The van der Waals surface area contributed by atoms with Crippen molar-refractivity contribution in [1.82, 2.24) is 14.9 Å². The van der Waals surface area contributed by atoms with Gasteiger partial charge in [0.15, 0.2) is 0 Å². The monoisotopic (exact) mass is 369 g/mol.